The second-order valence-corrected chi connectivity index (χ2v) is 2.26. The highest BCUT2D eigenvalue weighted by molar-refractivity contribution is 4.88. The van der Waals surface area contributed by atoms with Gasteiger partial charge in [0.05, 0.1) is 12.2 Å². The van der Waals surface area contributed by atoms with Gasteiger partial charge in [0.1, 0.15) is 0 Å². The quantitative estimate of drug-likeness (QED) is 0.546. The molecule has 0 aromatic rings. The van der Waals surface area contributed by atoms with Gasteiger partial charge in [-0.1, -0.05) is 12.2 Å². The van der Waals surface area contributed by atoms with E-state index in [9.17, 15) is 0 Å². The van der Waals surface area contributed by atoms with Crippen molar-refractivity contribution in [3.63, 3.8) is 0 Å². The van der Waals surface area contributed by atoms with Gasteiger partial charge >= 0.3 is 0 Å². The van der Waals surface area contributed by atoms with Gasteiger partial charge in [0.2, 0.25) is 0 Å². The summed E-state index contributed by atoms with van der Waals surface area (Å²) < 4.78 is 10.2. The van der Waals surface area contributed by atoms with Crippen LogP contribution in [0, 0.1) is 0 Å². The minimum Gasteiger partial charge on any atom is -0.377 e. The van der Waals surface area contributed by atoms with Gasteiger partial charge in [-0.15, -0.1) is 13.2 Å². The topological polar surface area (TPSA) is 18.5 Å². The summed E-state index contributed by atoms with van der Waals surface area (Å²) in [6.07, 6.45) is 4.40. The number of ether oxygens (including phenoxy) is 2. The summed E-state index contributed by atoms with van der Waals surface area (Å²) in [4.78, 5) is 0. The monoisotopic (exact) mass is 156 g/mol. The molecule has 0 N–H and O–H groups in total. The van der Waals surface area contributed by atoms with Crippen LogP contribution in [0.3, 0.4) is 0 Å². The van der Waals surface area contributed by atoms with E-state index in [0.717, 1.165) is 6.42 Å². The van der Waals surface area contributed by atoms with Crippen LogP contribution in [0.5, 0.6) is 0 Å². The highest BCUT2D eigenvalue weighted by Gasteiger charge is 2.08. The molecule has 0 rings (SSSR count). The normalized spacial score (nSPS) is 15.5. The zero-order chi connectivity index (χ0) is 8.69. The van der Waals surface area contributed by atoms with Crippen LogP contribution in [0.1, 0.15) is 6.42 Å². The molecule has 0 aromatic heterocycles. The number of hydrogen-bond acceptors (Lipinski definition) is 2. The Morgan fingerprint density at radius 3 is 1.64 bits per heavy atom. The Labute approximate surface area is 68.5 Å². The maximum Gasteiger partial charge on any atom is 0.0777 e. The third kappa shape index (κ3) is 3.96. The third-order valence-electron chi connectivity index (χ3n) is 1.60. The van der Waals surface area contributed by atoms with Crippen LogP contribution >= 0.6 is 0 Å². The molecule has 0 saturated carbocycles. The van der Waals surface area contributed by atoms with Crippen LogP contribution in [0.4, 0.5) is 0 Å². The molecule has 2 heteroatoms. The maximum absolute atomic E-state index is 5.09. The molecule has 0 aliphatic rings. The molecule has 0 radical (unpaired) electrons. The molecule has 11 heavy (non-hydrogen) atoms. The second-order valence-electron chi connectivity index (χ2n) is 2.26. The average Bonchev–Trinajstić information content (AvgIpc) is 2.07. The molecule has 0 aromatic carbocycles. The SMILES string of the molecule is C=CC(CC(C=C)OC)OC. The van der Waals surface area contributed by atoms with Crippen LogP contribution < -0.4 is 0 Å². The van der Waals surface area contributed by atoms with Crippen molar-refractivity contribution in [1.82, 2.24) is 0 Å². The van der Waals surface area contributed by atoms with Gasteiger partial charge in [0.25, 0.3) is 0 Å². The molecule has 0 saturated heterocycles. The van der Waals surface area contributed by atoms with E-state index in [1.54, 1.807) is 26.4 Å². The molecule has 2 atom stereocenters. The Kier molecular flexibility index (Phi) is 5.80. The molecule has 0 amide bonds. The minimum absolute atomic E-state index is 0.0537. The lowest BCUT2D eigenvalue weighted by Gasteiger charge is -2.15. The summed E-state index contributed by atoms with van der Waals surface area (Å²) in [5.41, 5.74) is 0. The number of hydrogen-bond donors (Lipinski definition) is 0. The lowest BCUT2D eigenvalue weighted by molar-refractivity contribution is 0.0658. The van der Waals surface area contributed by atoms with Gasteiger partial charge in [-0.05, 0) is 0 Å². The lowest BCUT2D eigenvalue weighted by atomic mass is 10.1. The second kappa shape index (κ2) is 6.13. The van der Waals surface area contributed by atoms with Gasteiger partial charge in [-0.3, -0.25) is 0 Å². The number of rotatable bonds is 6. The molecular formula is C9H16O2. The highest BCUT2D eigenvalue weighted by Crippen LogP contribution is 2.06. The standard InChI is InChI=1S/C9H16O2/c1-5-8(10-3)7-9(6-2)11-4/h5-6,8-9H,1-2,7H2,3-4H3. The van der Waals surface area contributed by atoms with Crippen LogP contribution in [-0.2, 0) is 9.47 Å². The summed E-state index contributed by atoms with van der Waals surface area (Å²) in [7, 11) is 3.31. The Balaban J connectivity index is 3.76. The van der Waals surface area contributed by atoms with E-state index in [4.69, 9.17) is 9.47 Å². The van der Waals surface area contributed by atoms with E-state index >= 15 is 0 Å². The van der Waals surface area contributed by atoms with Gasteiger partial charge in [-0.25, -0.2) is 0 Å². The van der Waals surface area contributed by atoms with Crippen molar-refractivity contribution in [2.75, 3.05) is 14.2 Å². The molecular weight excluding hydrogens is 140 g/mol. The van der Waals surface area contributed by atoms with Gasteiger partial charge < -0.3 is 9.47 Å². The predicted octanol–water partition coefficient (Wildman–Crippen LogP) is 1.78. The predicted molar refractivity (Wildman–Crippen MR) is 46.6 cm³/mol. The molecule has 0 spiro atoms. The first-order valence-electron chi connectivity index (χ1n) is 3.59. The zero-order valence-corrected chi connectivity index (χ0v) is 7.25. The first-order valence-corrected chi connectivity index (χ1v) is 3.59. The summed E-state index contributed by atoms with van der Waals surface area (Å²) in [5.74, 6) is 0. The fraction of sp³-hybridized carbons (Fsp3) is 0.556. The van der Waals surface area contributed by atoms with Crippen LogP contribution in [0.25, 0.3) is 0 Å². The fourth-order valence-corrected chi connectivity index (χ4v) is 0.806. The Morgan fingerprint density at radius 1 is 1.09 bits per heavy atom. The van der Waals surface area contributed by atoms with Crippen LogP contribution in [0.2, 0.25) is 0 Å². The van der Waals surface area contributed by atoms with Gasteiger partial charge in [0.15, 0.2) is 0 Å². The largest absolute Gasteiger partial charge is 0.377 e. The summed E-state index contributed by atoms with van der Waals surface area (Å²) in [6.45, 7) is 7.28. The Bertz CT molecular complexity index is 107. The molecule has 64 valence electrons. The zero-order valence-electron chi connectivity index (χ0n) is 7.25. The number of methoxy groups -OCH3 is 2. The average molecular weight is 156 g/mol. The lowest BCUT2D eigenvalue weighted by Crippen LogP contribution is -2.17. The van der Waals surface area contributed by atoms with Crippen LogP contribution in [0.15, 0.2) is 25.3 Å². The van der Waals surface area contributed by atoms with Crippen molar-refractivity contribution in [3.8, 4) is 0 Å². The van der Waals surface area contributed by atoms with Crippen molar-refractivity contribution in [3.05, 3.63) is 25.3 Å². The molecule has 0 heterocycles. The smallest absolute Gasteiger partial charge is 0.0777 e. The summed E-state index contributed by atoms with van der Waals surface area (Å²) in [5, 5.41) is 0. The van der Waals surface area contributed by atoms with E-state index in [1.807, 2.05) is 0 Å². The summed E-state index contributed by atoms with van der Waals surface area (Å²) in [6, 6.07) is 0. The van der Waals surface area contributed by atoms with E-state index in [2.05, 4.69) is 13.2 Å². The van der Waals surface area contributed by atoms with Crippen molar-refractivity contribution >= 4 is 0 Å². The summed E-state index contributed by atoms with van der Waals surface area (Å²) >= 11 is 0. The van der Waals surface area contributed by atoms with Gasteiger partial charge in [-0.2, -0.15) is 0 Å². The Morgan fingerprint density at radius 2 is 1.45 bits per heavy atom. The van der Waals surface area contributed by atoms with Gasteiger partial charge in [0, 0.05) is 20.6 Å². The van der Waals surface area contributed by atoms with E-state index in [-0.39, 0.29) is 12.2 Å². The van der Waals surface area contributed by atoms with Crippen molar-refractivity contribution in [1.29, 1.82) is 0 Å². The Hall–Kier alpha value is -0.600. The van der Waals surface area contributed by atoms with E-state index in [0.29, 0.717) is 0 Å². The fourth-order valence-electron chi connectivity index (χ4n) is 0.806. The first kappa shape index (κ1) is 10.4. The first-order chi connectivity index (χ1) is 5.28. The van der Waals surface area contributed by atoms with Crippen molar-refractivity contribution in [2.45, 2.75) is 18.6 Å². The van der Waals surface area contributed by atoms with Crippen molar-refractivity contribution < 1.29 is 9.47 Å². The van der Waals surface area contributed by atoms with Crippen molar-refractivity contribution in [2.24, 2.45) is 0 Å². The molecule has 0 bridgehead atoms. The maximum atomic E-state index is 5.09. The molecule has 0 aliphatic carbocycles. The minimum atomic E-state index is 0.0537. The van der Waals surface area contributed by atoms with Crippen LogP contribution in [-0.4, -0.2) is 26.4 Å². The molecule has 0 aliphatic heterocycles. The molecule has 2 unspecified atom stereocenters. The molecule has 2 nitrogen and oxygen atoms in total. The highest BCUT2D eigenvalue weighted by atomic mass is 16.5. The van der Waals surface area contributed by atoms with E-state index in [1.165, 1.54) is 0 Å². The molecule has 0 fully saturated rings. The third-order valence-corrected chi connectivity index (χ3v) is 1.60. The van der Waals surface area contributed by atoms with E-state index < -0.39 is 0 Å².